The average molecular weight is 455 g/mol. The van der Waals surface area contributed by atoms with E-state index in [1.54, 1.807) is 18.6 Å². The minimum absolute atomic E-state index is 0.420. The molecule has 1 saturated heterocycles. The van der Waals surface area contributed by atoms with Crippen LogP contribution in [0.4, 0.5) is 0 Å². The molecule has 0 bridgehead atoms. The lowest BCUT2D eigenvalue weighted by molar-refractivity contribution is 0.231. The van der Waals surface area contributed by atoms with Crippen LogP contribution >= 0.6 is 0 Å². The third-order valence-corrected chi connectivity index (χ3v) is 6.59. The van der Waals surface area contributed by atoms with Crippen LogP contribution in [0.15, 0.2) is 60.9 Å². The highest BCUT2D eigenvalue weighted by atomic mass is 15.3. The van der Waals surface area contributed by atoms with E-state index in [2.05, 4.69) is 68.9 Å². The number of piperidine rings is 1. The van der Waals surface area contributed by atoms with Gasteiger partial charge in [0, 0.05) is 66.8 Å². The number of nitrogens with one attached hydrogen (secondary N) is 1. The van der Waals surface area contributed by atoms with E-state index >= 15 is 0 Å². The second kappa shape index (κ2) is 8.78. The van der Waals surface area contributed by atoms with E-state index in [0.29, 0.717) is 6.04 Å². The molecule has 0 aromatic carbocycles. The van der Waals surface area contributed by atoms with Crippen molar-refractivity contribution >= 4 is 34.2 Å². The van der Waals surface area contributed by atoms with Crippen molar-refractivity contribution in [3.63, 3.8) is 0 Å². The highest BCUT2D eigenvalue weighted by Crippen LogP contribution is 2.31. The molecule has 1 aliphatic rings. The van der Waals surface area contributed by atoms with Gasteiger partial charge in [-0.25, -0.2) is 14.5 Å². The van der Waals surface area contributed by atoms with Crippen LogP contribution in [-0.2, 0) is 0 Å². The summed E-state index contributed by atoms with van der Waals surface area (Å²) in [6, 6.07) is 0.420. The maximum atomic E-state index is 5.08. The van der Waals surface area contributed by atoms with Gasteiger partial charge in [0.1, 0.15) is 11.3 Å². The van der Waals surface area contributed by atoms with Crippen LogP contribution in [0, 0.1) is 6.92 Å². The number of hydrogen-bond acceptors (Lipinski definition) is 5. The Morgan fingerprint density at radius 2 is 2.00 bits per heavy atom. The molecule has 1 fully saturated rings. The van der Waals surface area contributed by atoms with Gasteiger partial charge < -0.3 is 14.5 Å². The second-order valence-electron chi connectivity index (χ2n) is 8.87. The minimum Gasteiger partial charge on any atom is -0.375 e. The molecule has 0 saturated carbocycles. The molecule has 0 unspecified atom stereocenters. The van der Waals surface area contributed by atoms with Gasteiger partial charge in [0.25, 0.3) is 0 Å². The Labute approximate surface area is 199 Å². The molecule has 0 spiro atoms. The zero-order valence-electron chi connectivity index (χ0n) is 20.0. The summed E-state index contributed by atoms with van der Waals surface area (Å²) in [4.78, 5) is 19.4. The summed E-state index contributed by atoms with van der Waals surface area (Å²) in [6.45, 7) is 16.5. The average Bonchev–Trinajstić information content (AvgIpc) is 3.58. The molecule has 4 aromatic heterocycles. The summed E-state index contributed by atoms with van der Waals surface area (Å²) < 4.78 is 4.18. The third-order valence-electron chi connectivity index (χ3n) is 6.59. The zero-order valence-corrected chi connectivity index (χ0v) is 20.0. The molecule has 4 aromatic rings. The Balaban J connectivity index is 1.48. The van der Waals surface area contributed by atoms with E-state index in [1.807, 2.05) is 23.7 Å². The highest BCUT2D eigenvalue weighted by molar-refractivity contribution is 6.12. The number of rotatable bonds is 6. The van der Waals surface area contributed by atoms with Gasteiger partial charge in [-0.1, -0.05) is 19.2 Å². The number of imidazole rings is 1. The number of likely N-dealkylation sites (tertiary alicyclic amines) is 1. The molecule has 5 rings (SSSR count). The zero-order chi connectivity index (χ0) is 23.8. The van der Waals surface area contributed by atoms with Crippen LogP contribution in [0.2, 0.25) is 0 Å². The monoisotopic (exact) mass is 454 g/mol. The lowest BCUT2D eigenvalue weighted by atomic mass is 10.0. The van der Waals surface area contributed by atoms with Crippen LogP contribution < -0.4 is 0 Å². The van der Waals surface area contributed by atoms with E-state index in [4.69, 9.17) is 4.98 Å². The minimum atomic E-state index is 0.420. The van der Waals surface area contributed by atoms with Crippen LogP contribution in [-0.4, -0.2) is 53.3 Å². The number of aliphatic imine (C=N–C) groups is 1. The predicted octanol–water partition coefficient (Wildman–Crippen LogP) is 5.03. The van der Waals surface area contributed by atoms with Crippen molar-refractivity contribution < 1.29 is 0 Å². The normalized spacial score (nSPS) is 15.7. The molecule has 174 valence electrons. The summed E-state index contributed by atoms with van der Waals surface area (Å²) in [6.07, 6.45) is 15.4. The van der Waals surface area contributed by atoms with E-state index in [0.717, 1.165) is 71.0 Å². The van der Waals surface area contributed by atoms with Crippen LogP contribution in [0.5, 0.6) is 0 Å². The molecule has 8 heteroatoms. The van der Waals surface area contributed by atoms with E-state index in [9.17, 15) is 0 Å². The molecule has 5 heterocycles. The van der Waals surface area contributed by atoms with E-state index in [1.165, 1.54) is 5.56 Å². The molecule has 0 aliphatic carbocycles. The topological polar surface area (TPSA) is 79.4 Å². The highest BCUT2D eigenvalue weighted by Gasteiger charge is 2.23. The van der Waals surface area contributed by atoms with Gasteiger partial charge in [0.15, 0.2) is 11.5 Å². The molecule has 34 heavy (non-hydrogen) atoms. The first-order valence-corrected chi connectivity index (χ1v) is 11.6. The molecular weight excluding hydrogens is 424 g/mol. The van der Waals surface area contributed by atoms with Gasteiger partial charge in [0.05, 0.1) is 6.20 Å². The Morgan fingerprint density at radius 3 is 2.68 bits per heavy atom. The smallest absolute Gasteiger partial charge is 0.165 e. The molecular formula is C26H30N8. The molecule has 0 amide bonds. The van der Waals surface area contributed by atoms with Gasteiger partial charge in [-0.3, -0.25) is 4.99 Å². The number of nitrogens with zero attached hydrogens (tertiary/aromatic N) is 7. The van der Waals surface area contributed by atoms with Crippen molar-refractivity contribution in [1.29, 1.82) is 0 Å². The number of aromatic nitrogens is 6. The Morgan fingerprint density at radius 1 is 1.21 bits per heavy atom. The number of hydrogen-bond donors (Lipinski definition) is 1. The Kier molecular flexibility index (Phi) is 5.65. The maximum Gasteiger partial charge on any atom is 0.165 e. The first-order chi connectivity index (χ1) is 16.5. The van der Waals surface area contributed by atoms with Gasteiger partial charge in [-0.05, 0) is 44.7 Å². The fourth-order valence-electron chi connectivity index (χ4n) is 4.64. The van der Waals surface area contributed by atoms with E-state index < -0.39 is 0 Å². The SMILES string of the molecule is C=C(C=N/C(=C\C)c1ncc[nH]1)c1cnn2cc3c(C)cn(C4CCN(C(=C)C)CC4)c3nc12. The summed E-state index contributed by atoms with van der Waals surface area (Å²) in [5.74, 6) is 0.720. The van der Waals surface area contributed by atoms with Gasteiger partial charge in [-0.2, -0.15) is 5.10 Å². The van der Waals surface area contributed by atoms with Crippen molar-refractivity contribution in [3.8, 4) is 0 Å². The van der Waals surface area contributed by atoms with Crippen molar-refractivity contribution in [2.75, 3.05) is 13.1 Å². The van der Waals surface area contributed by atoms with Crippen LogP contribution in [0.25, 0.3) is 28.0 Å². The van der Waals surface area contributed by atoms with Crippen LogP contribution in [0.3, 0.4) is 0 Å². The quantitative estimate of drug-likeness (QED) is 0.414. The summed E-state index contributed by atoms with van der Waals surface area (Å²) in [7, 11) is 0. The predicted molar refractivity (Wildman–Crippen MR) is 138 cm³/mol. The maximum absolute atomic E-state index is 5.08. The fraction of sp³-hybridized carbons (Fsp3) is 0.308. The lowest BCUT2D eigenvalue weighted by Crippen LogP contribution is -2.33. The lowest BCUT2D eigenvalue weighted by Gasteiger charge is -2.34. The Bertz CT molecular complexity index is 1420. The van der Waals surface area contributed by atoms with Crippen molar-refractivity contribution in [1.82, 2.24) is 34.0 Å². The third kappa shape index (κ3) is 3.85. The molecule has 1 N–H and O–H groups in total. The number of H-pyrrole nitrogens is 1. The number of aromatic amines is 1. The van der Waals surface area contributed by atoms with Crippen LogP contribution in [0.1, 0.15) is 49.7 Å². The van der Waals surface area contributed by atoms with Gasteiger partial charge >= 0.3 is 0 Å². The summed E-state index contributed by atoms with van der Waals surface area (Å²) >= 11 is 0. The summed E-state index contributed by atoms with van der Waals surface area (Å²) in [5, 5.41) is 5.68. The molecule has 8 nitrogen and oxygen atoms in total. The molecule has 0 radical (unpaired) electrons. The van der Waals surface area contributed by atoms with Gasteiger partial charge in [-0.15, -0.1) is 0 Å². The molecule has 1 aliphatic heterocycles. The fourth-order valence-corrected chi connectivity index (χ4v) is 4.64. The first kappa shape index (κ1) is 21.9. The second-order valence-corrected chi connectivity index (χ2v) is 8.87. The molecule has 0 atom stereocenters. The standard InChI is InChI=1S/C26H30N8/c1-6-23(24-27-9-10-28-24)29-13-18(4)21-14-30-34-16-22-19(5)15-33(25(22)31-26(21)34)20-7-11-32(12-8-20)17(2)3/h6,9-10,13-16,20H,2,4,7-8,11-12H2,1,3,5H3,(H,27,28)/b23-6-,29-13?. The van der Waals surface area contributed by atoms with Crippen molar-refractivity contribution in [2.45, 2.75) is 39.7 Å². The number of fused-ring (bicyclic) bond motifs is 2. The first-order valence-electron chi connectivity index (χ1n) is 11.6. The van der Waals surface area contributed by atoms with Gasteiger partial charge in [0.2, 0.25) is 0 Å². The summed E-state index contributed by atoms with van der Waals surface area (Å²) in [5.41, 5.74) is 6.49. The number of aryl methyl sites for hydroxylation is 1. The van der Waals surface area contributed by atoms with Crippen molar-refractivity contribution in [3.05, 3.63) is 72.9 Å². The largest absolute Gasteiger partial charge is 0.375 e. The van der Waals surface area contributed by atoms with E-state index in [-0.39, 0.29) is 0 Å². The Hall–Kier alpha value is -3.94. The number of allylic oxidation sites excluding steroid dienone is 3. The van der Waals surface area contributed by atoms with Crippen molar-refractivity contribution in [2.24, 2.45) is 4.99 Å².